The number of methoxy groups -OCH3 is 2. The monoisotopic (exact) mass is 364 g/mol. The zero-order valence-electron chi connectivity index (χ0n) is 15.3. The van der Waals surface area contributed by atoms with Crippen LogP contribution in [0.25, 0.3) is 0 Å². The number of nitrogens with zero attached hydrogens (tertiary/aromatic N) is 3. The molecule has 7 nitrogen and oxygen atoms in total. The lowest BCUT2D eigenvalue weighted by Gasteiger charge is -2.16. The topological polar surface area (TPSA) is 76.6 Å². The zero-order valence-corrected chi connectivity index (χ0v) is 15.3. The number of carbonyl (C=O) groups excluding carboxylic acids is 1. The fourth-order valence-electron chi connectivity index (χ4n) is 2.50. The van der Waals surface area contributed by atoms with E-state index in [1.165, 1.54) is 12.4 Å². The number of nitrogens with one attached hydrogen (secondary N) is 1. The molecule has 0 unspecified atom stereocenters. The molecule has 0 saturated heterocycles. The van der Waals surface area contributed by atoms with Crippen molar-refractivity contribution in [2.24, 2.45) is 0 Å². The summed E-state index contributed by atoms with van der Waals surface area (Å²) in [5.41, 5.74) is 1.90. The highest BCUT2D eigenvalue weighted by molar-refractivity contribution is 6.04. The molecule has 1 amide bonds. The Bertz CT molecular complexity index is 914. The van der Waals surface area contributed by atoms with E-state index in [1.54, 1.807) is 32.4 Å². The van der Waals surface area contributed by atoms with Gasteiger partial charge in [0.1, 0.15) is 0 Å². The quantitative estimate of drug-likeness (QED) is 0.721. The lowest BCUT2D eigenvalue weighted by Crippen LogP contribution is -2.16. The van der Waals surface area contributed by atoms with E-state index < -0.39 is 0 Å². The van der Waals surface area contributed by atoms with Crippen molar-refractivity contribution in [2.75, 3.05) is 31.5 Å². The Hall–Kier alpha value is -3.61. The van der Waals surface area contributed by atoms with Crippen LogP contribution in [0.1, 0.15) is 10.4 Å². The molecular weight excluding hydrogens is 344 g/mol. The fraction of sp³-hybridized carbons (Fsp3) is 0.150. The van der Waals surface area contributed by atoms with E-state index in [9.17, 15) is 4.79 Å². The minimum atomic E-state index is -0.309. The molecule has 3 rings (SSSR count). The molecule has 0 saturated carbocycles. The minimum Gasteiger partial charge on any atom is -0.493 e. The Balaban J connectivity index is 1.72. The number of amides is 1. The molecule has 0 aliphatic carbocycles. The molecule has 1 N–H and O–H groups in total. The van der Waals surface area contributed by atoms with Crippen LogP contribution in [0.2, 0.25) is 0 Å². The first kappa shape index (κ1) is 18.2. The van der Waals surface area contributed by atoms with E-state index in [0.29, 0.717) is 28.7 Å². The second-order valence-corrected chi connectivity index (χ2v) is 5.69. The van der Waals surface area contributed by atoms with E-state index >= 15 is 0 Å². The van der Waals surface area contributed by atoms with Crippen LogP contribution in [-0.2, 0) is 0 Å². The van der Waals surface area contributed by atoms with Gasteiger partial charge >= 0.3 is 0 Å². The van der Waals surface area contributed by atoms with Gasteiger partial charge in [-0.2, -0.15) is 0 Å². The van der Waals surface area contributed by atoms with Gasteiger partial charge in [0.05, 0.1) is 19.8 Å². The van der Waals surface area contributed by atoms with Gasteiger partial charge < -0.3 is 19.7 Å². The standard InChI is InChI=1S/C20H20N4O3/c1-24(16-7-5-4-6-8-16)20-21-12-14(13-22-20)19(25)23-15-9-10-17(26-2)18(11-15)27-3/h4-13H,1-3H3,(H,23,25). The van der Waals surface area contributed by atoms with Gasteiger partial charge in [0.15, 0.2) is 11.5 Å². The summed E-state index contributed by atoms with van der Waals surface area (Å²) in [7, 11) is 4.97. The summed E-state index contributed by atoms with van der Waals surface area (Å²) in [5.74, 6) is 1.32. The summed E-state index contributed by atoms with van der Waals surface area (Å²) in [6.07, 6.45) is 3.00. The lowest BCUT2D eigenvalue weighted by molar-refractivity contribution is 0.102. The van der Waals surface area contributed by atoms with Crippen molar-refractivity contribution >= 4 is 23.2 Å². The summed E-state index contributed by atoms with van der Waals surface area (Å²) in [4.78, 5) is 22.9. The Morgan fingerprint density at radius 2 is 1.63 bits per heavy atom. The molecule has 3 aromatic rings. The number of hydrogen-bond acceptors (Lipinski definition) is 6. The molecule has 0 aliphatic rings. The molecule has 138 valence electrons. The van der Waals surface area contributed by atoms with Gasteiger partial charge in [-0.25, -0.2) is 9.97 Å². The number of ether oxygens (including phenoxy) is 2. The molecule has 1 aromatic heterocycles. The van der Waals surface area contributed by atoms with Crippen molar-refractivity contribution in [1.29, 1.82) is 0 Å². The SMILES string of the molecule is COc1ccc(NC(=O)c2cnc(N(C)c3ccccc3)nc2)cc1OC. The normalized spacial score (nSPS) is 10.2. The average Bonchev–Trinajstić information content (AvgIpc) is 2.73. The highest BCUT2D eigenvalue weighted by atomic mass is 16.5. The van der Waals surface area contributed by atoms with Crippen LogP contribution >= 0.6 is 0 Å². The number of hydrogen-bond donors (Lipinski definition) is 1. The number of para-hydroxylation sites is 1. The van der Waals surface area contributed by atoms with E-state index in [4.69, 9.17) is 9.47 Å². The lowest BCUT2D eigenvalue weighted by atomic mass is 10.2. The molecule has 0 bridgehead atoms. The average molecular weight is 364 g/mol. The third-order valence-corrected chi connectivity index (χ3v) is 3.99. The fourth-order valence-corrected chi connectivity index (χ4v) is 2.50. The van der Waals surface area contributed by atoms with Crippen molar-refractivity contribution in [3.05, 3.63) is 66.5 Å². The third-order valence-electron chi connectivity index (χ3n) is 3.99. The van der Waals surface area contributed by atoms with Crippen LogP contribution in [-0.4, -0.2) is 37.1 Å². The zero-order chi connectivity index (χ0) is 19.2. The van der Waals surface area contributed by atoms with Crippen molar-refractivity contribution in [1.82, 2.24) is 9.97 Å². The highest BCUT2D eigenvalue weighted by Crippen LogP contribution is 2.30. The van der Waals surface area contributed by atoms with Crippen molar-refractivity contribution in [2.45, 2.75) is 0 Å². The van der Waals surface area contributed by atoms with E-state index in [-0.39, 0.29) is 5.91 Å². The van der Waals surface area contributed by atoms with E-state index in [2.05, 4.69) is 15.3 Å². The number of carbonyl (C=O) groups is 1. The third kappa shape index (κ3) is 4.14. The molecule has 27 heavy (non-hydrogen) atoms. The Kier molecular flexibility index (Phi) is 5.51. The minimum absolute atomic E-state index is 0.309. The van der Waals surface area contributed by atoms with E-state index in [1.807, 2.05) is 42.3 Å². The first-order chi connectivity index (χ1) is 13.1. The molecular formula is C20H20N4O3. The van der Waals surface area contributed by atoms with Gasteiger partial charge in [0.25, 0.3) is 5.91 Å². The Labute approximate surface area is 157 Å². The highest BCUT2D eigenvalue weighted by Gasteiger charge is 2.12. The van der Waals surface area contributed by atoms with Gasteiger partial charge in [0, 0.05) is 36.9 Å². The first-order valence-electron chi connectivity index (χ1n) is 8.26. The summed E-state index contributed by atoms with van der Waals surface area (Å²) in [6, 6.07) is 14.9. The van der Waals surface area contributed by atoms with Crippen molar-refractivity contribution in [3.63, 3.8) is 0 Å². The van der Waals surface area contributed by atoms with Crippen LogP contribution in [0.4, 0.5) is 17.3 Å². The second-order valence-electron chi connectivity index (χ2n) is 5.69. The van der Waals surface area contributed by atoms with Gasteiger partial charge in [-0.3, -0.25) is 4.79 Å². The van der Waals surface area contributed by atoms with Crippen LogP contribution in [0.5, 0.6) is 11.5 Å². The van der Waals surface area contributed by atoms with Gasteiger partial charge in [-0.05, 0) is 24.3 Å². The number of rotatable bonds is 6. The maximum Gasteiger partial charge on any atom is 0.258 e. The maximum absolute atomic E-state index is 12.4. The number of benzene rings is 2. The van der Waals surface area contributed by atoms with Gasteiger partial charge in [-0.15, -0.1) is 0 Å². The van der Waals surface area contributed by atoms with Crippen LogP contribution < -0.4 is 19.7 Å². The van der Waals surface area contributed by atoms with Crippen molar-refractivity contribution < 1.29 is 14.3 Å². The summed E-state index contributed by atoms with van der Waals surface area (Å²) in [5, 5.41) is 2.80. The molecule has 0 spiro atoms. The summed E-state index contributed by atoms with van der Waals surface area (Å²) in [6.45, 7) is 0. The maximum atomic E-state index is 12.4. The predicted octanol–water partition coefficient (Wildman–Crippen LogP) is 3.51. The molecule has 1 heterocycles. The Morgan fingerprint density at radius 1 is 0.963 bits per heavy atom. The Morgan fingerprint density at radius 3 is 2.26 bits per heavy atom. The van der Waals surface area contributed by atoms with Crippen molar-refractivity contribution in [3.8, 4) is 11.5 Å². The number of aromatic nitrogens is 2. The first-order valence-corrected chi connectivity index (χ1v) is 8.26. The second kappa shape index (κ2) is 8.18. The molecule has 2 aromatic carbocycles. The van der Waals surface area contributed by atoms with Gasteiger partial charge in [0.2, 0.25) is 5.95 Å². The molecule has 0 atom stereocenters. The van der Waals surface area contributed by atoms with Crippen LogP contribution in [0, 0.1) is 0 Å². The molecule has 0 aliphatic heterocycles. The summed E-state index contributed by atoms with van der Waals surface area (Å²) >= 11 is 0. The van der Waals surface area contributed by atoms with Crippen LogP contribution in [0.3, 0.4) is 0 Å². The summed E-state index contributed by atoms with van der Waals surface area (Å²) < 4.78 is 10.4. The smallest absolute Gasteiger partial charge is 0.258 e. The molecule has 0 radical (unpaired) electrons. The van der Waals surface area contributed by atoms with Gasteiger partial charge in [-0.1, -0.05) is 18.2 Å². The van der Waals surface area contributed by atoms with E-state index in [0.717, 1.165) is 5.69 Å². The number of anilines is 3. The van der Waals surface area contributed by atoms with Crippen LogP contribution in [0.15, 0.2) is 60.9 Å². The predicted molar refractivity (Wildman–Crippen MR) is 104 cm³/mol. The molecule has 7 heteroatoms. The molecule has 0 fully saturated rings. The largest absolute Gasteiger partial charge is 0.493 e.